The summed E-state index contributed by atoms with van der Waals surface area (Å²) in [6, 6.07) is 0. The van der Waals surface area contributed by atoms with Crippen LogP contribution in [0, 0.1) is 0 Å². The predicted octanol–water partition coefficient (Wildman–Crippen LogP) is 13.9. The lowest BCUT2D eigenvalue weighted by Gasteiger charge is -2.16. The van der Waals surface area contributed by atoms with E-state index in [4.69, 9.17) is 9.47 Å². The fraction of sp³-hybridized carbons (Fsp3) is 0.886. The van der Waals surface area contributed by atoms with E-state index in [1.54, 1.807) is 0 Å². The second-order valence-corrected chi connectivity index (χ2v) is 14.4. The highest BCUT2D eigenvalue weighted by atomic mass is 16.6. The summed E-state index contributed by atoms with van der Waals surface area (Å²) in [5.74, 6) is -0.198. The highest BCUT2D eigenvalue weighted by Crippen LogP contribution is 2.15. The van der Waals surface area contributed by atoms with Crippen LogP contribution in [0.1, 0.15) is 226 Å². The molecule has 0 aromatic carbocycles. The summed E-state index contributed by atoms with van der Waals surface area (Å²) in [6.07, 6.45) is 50.9. The first-order chi connectivity index (χ1) is 23.7. The van der Waals surface area contributed by atoms with Gasteiger partial charge in [0.25, 0.3) is 0 Å². The number of aliphatic hydroxyl groups excluding tert-OH is 1. The maximum Gasteiger partial charge on any atom is 0.306 e. The maximum absolute atomic E-state index is 12.2. The molecule has 0 spiro atoms. The lowest BCUT2D eigenvalue weighted by molar-refractivity contribution is -0.154. The number of rotatable bonds is 40. The fourth-order valence-electron chi connectivity index (χ4n) is 6.30. The number of aliphatic hydroxyl groups is 1. The number of ether oxygens (including phenoxy) is 2. The average molecular weight is 677 g/mol. The average Bonchev–Trinajstić information content (AvgIpc) is 3.09. The Kier molecular flexibility index (Phi) is 41.0. The van der Waals surface area contributed by atoms with Crippen LogP contribution in [0.3, 0.4) is 0 Å². The van der Waals surface area contributed by atoms with E-state index in [2.05, 4.69) is 38.2 Å². The quantitative estimate of drug-likeness (QED) is 0.0399. The van der Waals surface area contributed by atoms with Crippen molar-refractivity contribution in [2.24, 2.45) is 0 Å². The Morgan fingerprint density at radius 2 is 0.875 bits per heavy atom. The van der Waals surface area contributed by atoms with Crippen molar-refractivity contribution in [1.29, 1.82) is 0 Å². The first-order valence-electron chi connectivity index (χ1n) is 21.4. The van der Waals surface area contributed by atoms with Crippen LogP contribution in [0.5, 0.6) is 0 Å². The van der Waals surface area contributed by atoms with Gasteiger partial charge in [-0.1, -0.05) is 199 Å². The van der Waals surface area contributed by atoms with Gasteiger partial charge in [-0.05, 0) is 44.9 Å². The van der Waals surface area contributed by atoms with Crippen molar-refractivity contribution < 1.29 is 19.4 Å². The molecular weight excluding hydrogens is 592 g/mol. The van der Waals surface area contributed by atoms with Gasteiger partial charge in [-0.25, -0.2) is 0 Å². The van der Waals surface area contributed by atoms with Crippen molar-refractivity contribution in [2.45, 2.75) is 232 Å². The molecule has 0 bridgehead atoms. The maximum atomic E-state index is 12.2. The minimum absolute atomic E-state index is 0.168. The molecule has 0 saturated heterocycles. The zero-order chi connectivity index (χ0) is 34.9. The van der Waals surface area contributed by atoms with Gasteiger partial charge in [-0.2, -0.15) is 0 Å². The van der Waals surface area contributed by atoms with Gasteiger partial charge in [0.2, 0.25) is 0 Å². The van der Waals surface area contributed by atoms with E-state index in [-0.39, 0.29) is 12.6 Å². The molecule has 0 amide bonds. The van der Waals surface area contributed by atoms with E-state index in [0.29, 0.717) is 19.6 Å². The third kappa shape index (κ3) is 39.3. The van der Waals surface area contributed by atoms with Crippen LogP contribution in [-0.2, 0) is 14.3 Å². The Bertz CT molecular complexity index is 673. The summed E-state index contributed by atoms with van der Waals surface area (Å²) in [5.41, 5.74) is 0. The topological polar surface area (TPSA) is 55.8 Å². The zero-order valence-electron chi connectivity index (χ0n) is 32.5. The molecule has 0 aromatic heterocycles. The summed E-state index contributed by atoms with van der Waals surface area (Å²) >= 11 is 0. The molecule has 1 atom stereocenters. The molecule has 0 aliphatic rings. The summed E-state index contributed by atoms with van der Waals surface area (Å²) in [5, 5.41) is 9.60. The molecule has 0 aromatic rings. The second kappa shape index (κ2) is 42.0. The Hall–Kier alpha value is -1.13. The summed E-state index contributed by atoms with van der Waals surface area (Å²) < 4.78 is 11.2. The largest absolute Gasteiger partial charge is 0.457 e. The number of hydrogen-bond donors (Lipinski definition) is 1. The predicted molar refractivity (Wildman–Crippen MR) is 210 cm³/mol. The van der Waals surface area contributed by atoms with E-state index >= 15 is 0 Å². The molecule has 4 nitrogen and oxygen atoms in total. The van der Waals surface area contributed by atoms with E-state index in [1.807, 2.05) is 0 Å². The summed E-state index contributed by atoms with van der Waals surface area (Å²) in [4.78, 5) is 12.2. The van der Waals surface area contributed by atoms with Crippen molar-refractivity contribution in [3.05, 3.63) is 24.3 Å². The van der Waals surface area contributed by atoms with Crippen molar-refractivity contribution >= 4 is 5.97 Å². The van der Waals surface area contributed by atoms with Gasteiger partial charge in [-0.15, -0.1) is 0 Å². The third-order valence-corrected chi connectivity index (χ3v) is 9.53. The Morgan fingerprint density at radius 1 is 0.500 bits per heavy atom. The van der Waals surface area contributed by atoms with E-state index in [9.17, 15) is 9.90 Å². The van der Waals surface area contributed by atoms with E-state index < -0.39 is 6.10 Å². The SMILES string of the molecule is CCCCC/C=C\C/C=C\CCCCCCCCCCCCOCC(CO)OC(=O)CCCCCCCCCCCCCCCCCC. The van der Waals surface area contributed by atoms with Crippen LogP contribution < -0.4 is 0 Å². The fourth-order valence-corrected chi connectivity index (χ4v) is 6.30. The van der Waals surface area contributed by atoms with Gasteiger partial charge in [0.05, 0.1) is 13.2 Å². The smallest absolute Gasteiger partial charge is 0.306 e. The van der Waals surface area contributed by atoms with Crippen molar-refractivity contribution in [2.75, 3.05) is 19.8 Å². The van der Waals surface area contributed by atoms with Crippen LogP contribution in [0.25, 0.3) is 0 Å². The number of allylic oxidation sites excluding steroid dienone is 4. The summed E-state index contributed by atoms with van der Waals surface area (Å²) in [6.45, 7) is 5.35. The second-order valence-electron chi connectivity index (χ2n) is 14.4. The summed E-state index contributed by atoms with van der Waals surface area (Å²) in [7, 11) is 0. The highest BCUT2D eigenvalue weighted by Gasteiger charge is 2.13. The van der Waals surface area contributed by atoms with Crippen LogP contribution >= 0.6 is 0 Å². The minimum Gasteiger partial charge on any atom is -0.457 e. The van der Waals surface area contributed by atoms with Gasteiger partial charge in [-0.3, -0.25) is 4.79 Å². The van der Waals surface area contributed by atoms with Gasteiger partial charge < -0.3 is 14.6 Å². The number of hydrogen-bond acceptors (Lipinski definition) is 4. The number of unbranched alkanes of at least 4 members (excludes halogenated alkanes) is 28. The molecule has 284 valence electrons. The molecule has 48 heavy (non-hydrogen) atoms. The standard InChI is InChI=1S/C44H84O4/c1-3-5-7-9-11-13-15-17-19-21-22-23-24-26-28-30-32-34-36-38-40-47-42-43(41-45)48-44(46)39-37-35-33-31-29-27-25-20-18-16-14-12-10-8-6-4-2/h11,13,17,19,43,45H,3-10,12,14-16,18,20-42H2,1-2H3/b13-11-,19-17-. The minimum atomic E-state index is -0.531. The highest BCUT2D eigenvalue weighted by molar-refractivity contribution is 5.69. The first-order valence-corrected chi connectivity index (χ1v) is 21.4. The van der Waals surface area contributed by atoms with Gasteiger partial charge in [0, 0.05) is 13.0 Å². The lowest BCUT2D eigenvalue weighted by Crippen LogP contribution is -2.27. The molecule has 0 aliphatic carbocycles. The number of carbonyl (C=O) groups excluding carboxylic acids is 1. The molecule has 0 heterocycles. The van der Waals surface area contributed by atoms with Crippen LogP contribution in [-0.4, -0.2) is 37.0 Å². The molecule has 0 aliphatic heterocycles. The van der Waals surface area contributed by atoms with Crippen LogP contribution in [0.15, 0.2) is 24.3 Å². The normalized spacial score (nSPS) is 12.5. The first kappa shape index (κ1) is 46.9. The number of carbonyl (C=O) groups is 1. The van der Waals surface area contributed by atoms with E-state index in [0.717, 1.165) is 25.7 Å². The van der Waals surface area contributed by atoms with Crippen LogP contribution in [0.2, 0.25) is 0 Å². The Balaban J connectivity index is 3.39. The molecule has 1 unspecified atom stereocenters. The molecule has 0 fully saturated rings. The Morgan fingerprint density at radius 3 is 1.33 bits per heavy atom. The molecule has 1 N–H and O–H groups in total. The monoisotopic (exact) mass is 677 g/mol. The lowest BCUT2D eigenvalue weighted by atomic mass is 10.0. The molecule has 0 rings (SSSR count). The van der Waals surface area contributed by atoms with Crippen molar-refractivity contribution in [3.63, 3.8) is 0 Å². The third-order valence-electron chi connectivity index (χ3n) is 9.53. The number of esters is 1. The van der Waals surface area contributed by atoms with E-state index in [1.165, 1.54) is 180 Å². The molecular formula is C44H84O4. The zero-order valence-corrected chi connectivity index (χ0v) is 32.5. The molecule has 0 radical (unpaired) electrons. The Labute approximate surface area is 300 Å². The van der Waals surface area contributed by atoms with Gasteiger partial charge in [0.1, 0.15) is 6.10 Å². The van der Waals surface area contributed by atoms with Gasteiger partial charge in [0.15, 0.2) is 0 Å². The van der Waals surface area contributed by atoms with Crippen LogP contribution in [0.4, 0.5) is 0 Å². The van der Waals surface area contributed by atoms with Crippen molar-refractivity contribution in [1.82, 2.24) is 0 Å². The van der Waals surface area contributed by atoms with Gasteiger partial charge >= 0.3 is 5.97 Å². The molecule has 4 heteroatoms. The molecule has 0 saturated carbocycles. The van der Waals surface area contributed by atoms with Crippen molar-refractivity contribution in [3.8, 4) is 0 Å².